The first kappa shape index (κ1) is 18.2. The Kier molecular flexibility index (Phi) is 6.00. The van der Waals surface area contributed by atoms with Gasteiger partial charge in [0.2, 0.25) is 0 Å². The number of benzene rings is 1. The van der Waals surface area contributed by atoms with Gasteiger partial charge in [0.1, 0.15) is 0 Å². The lowest BCUT2D eigenvalue weighted by molar-refractivity contribution is 0.206. The molecule has 3 N–H and O–H groups in total. The Balaban J connectivity index is 0.000000880. The summed E-state index contributed by atoms with van der Waals surface area (Å²) in [5, 5.41) is 18.4. The number of hydrogen-bond acceptors (Lipinski definition) is 3. The zero-order chi connectivity index (χ0) is 17.8. The third-order valence-corrected chi connectivity index (χ3v) is 5.25. The average Bonchev–Trinajstić information content (AvgIpc) is 2.78. The van der Waals surface area contributed by atoms with E-state index in [1.165, 1.54) is 16.7 Å². The summed E-state index contributed by atoms with van der Waals surface area (Å²) in [5.74, 6) is 0. The Morgan fingerprint density at radius 1 is 1.16 bits per heavy atom. The van der Waals surface area contributed by atoms with Crippen molar-refractivity contribution in [2.24, 2.45) is 0 Å². The molecule has 0 aromatic heterocycles. The Labute approximate surface area is 155 Å². The van der Waals surface area contributed by atoms with Gasteiger partial charge in [-0.1, -0.05) is 43.2 Å². The van der Waals surface area contributed by atoms with Gasteiger partial charge in [-0.25, -0.2) is 0 Å². The third kappa shape index (κ3) is 3.69. The van der Waals surface area contributed by atoms with Crippen LogP contribution in [0.15, 0.2) is 47.7 Å². The molecule has 0 amide bonds. The van der Waals surface area contributed by atoms with Gasteiger partial charge in [-0.2, -0.15) is 0 Å². The number of piperidine rings is 1. The van der Waals surface area contributed by atoms with Crippen LogP contribution in [-0.2, 0) is 6.42 Å². The summed E-state index contributed by atoms with van der Waals surface area (Å²) in [7, 11) is 0. The third-order valence-electron chi connectivity index (χ3n) is 5.01. The summed E-state index contributed by atoms with van der Waals surface area (Å²) in [4.78, 5) is 0. The standard InChI is InChI=1S/C19H21ClN2O.C2H6/c20-14-3-4-15-13(10-14)11-17(23)16-2-1-7-22-19(16)18(15)12-5-8-21-9-6-12;1-2/h1-4,7,10,17,19,21-23H,5-6,8-9,11H2;1-2H3. The molecule has 3 aliphatic rings. The summed E-state index contributed by atoms with van der Waals surface area (Å²) in [6.07, 6.45) is 8.26. The van der Waals surface area contributed by atoms with Crippen LogP contribution in [0.25, 0.3) is 5.57 Å². The molecule has 3 nitrogen and oxygen atoms in total. The van der Waals surface area contributed by atoms with Crippen molar-refractivity contribution in [3.63, 3.8) is 0 Å². The van der Waals surface area contributed by atoms with E-state index >= 15 is 0 Å². The minimum absolute atomic E-state index is 0.0607. The minimum atomic E-state index is -0.477. The van der Waals surface area contributed by atoms with Gasteiger partial charge < -0.3 is 15.7 Å². The molecule has 2 heterocycles. The minimum Gasteiger partial charge on any atom is -0.388 e. The number of aliphatic hydroxyl groups is 1. The van der Waals surface area contributed by atoms with Crippen molar-refractivity contribution in [3.8, 4) is 0 Å². The lowest BCUT2D eigenvalue weighted by atomic mass is 9.85. The summed E-state index contributed by atoms with van der Waals surface area (Å²) >= 11 is 6.21. The Bertz CT molecular complexity index is 713. The monoisotopic (exact) mass is 358 g/mol. The molecule has 0 bridgehead atoms. The maximum atomic E-state index is 10.7. The molecule has 0 radical (unpaired) electrons. The summed E-state index contributed by atoms with van der Waals surface area (Å²) in [6.45, 7) is 6.04. The van der Waals surface area contributed by atoms with E-state index in [1.54, 1.807) is 0 Å². The van der Waals surface area contributed by atoms with Crippen molar-refractivity contribution in [2.45, 2.75) is 45.3 Å². The van der Waals surface area contributed by atoms with Gasteiger partial charge in [0.05, 0.1) is 12.1 Å². The van der Waals surface area contributed by atoms with Gasteiger partial charge in [0.15, 0.2) is 0 Å². The SMILES string of the molecule is CC.OC1Cc2cc(Cl)ccc2C(=C2CCNCC2)C2NC=CC=C12. The van der Waals surface area contributed by atoms with Crippen LogP contribution in [0.4, 0.5) is 0 Å². The highest BCUT2D eigenvalue weighted by molar-refractivity contribution is 6.30. The molecule has 1 fully saturated rings. The highest BCUT2D eigenvalue weighted by Crippen LogP contribution is 2.39. The van der Waals surface area contributed by atoms with E-state index in [0.717, 1.165) is 42.1 Å². The van der Waals surface area contributed by atoms with E-state index in [2.05, 4.69) is 22.8 Å². The van der Waals surface area contributed by atoms with E-state index in [4.69, 9.17) is 11.6 Å². The molecule has 0 saturated carbocycles. The van der Waals surface area contributed by atoms with Crippen LogP contribution in [0, 0.1) is 0 Å². The largest absolute Gasteiger partial charge is 0.388 e. The molecule has 25 heavy (non-hydrogen) atoms. The van der Waals surface area contributed by atoms with E-state index in [-0.39, 0.29) is 6.04 Å². The van der Waals surface area contributed by atoms with Crippen molar-refractivity contribution in [3.05, 3.63) is 63.8 Å². The molecule has 2 unspecified atom stereocenters. The second kappa shape index (κ2) is 8.22. The number of halogens is 1. The zero-order valence-corrected chi connectivity index (χ0v) is 15.7. The van der Waals surface area contributed by atoms with Gasteiger partial charge in [-0.3, -0.25) is 0 Å². The van der Waals surface area contributed by atoms with Crippen molar-refractivity contribution in [1.29, 1.82) is 0 Å². The Morgan fingerprint density at radius 3 is 2.68 bits per heavy atom. The van der Waals surface area contributed by atoms with E-state index in [9.17, 15) is 5.11 Å². The molecule has 2 aliphatic heterocycles. The first-order chi connectivity index (χ1) is 12.2. The first-order valence-electron chi connectivity index (χ1n) is 9.26. The zero-order valence-electron chi connectivity index (χ0n) is 15.0. The van der Waals surface area contributed by atoms with Gasteiger partial charge >= 0.3 is 0 Å². The van der Waals surface area contributed by atoms with Crippen molar-refractivity contribution < 1.29 is 5.11 Å². The van der Waals surface area contributed by atoms with Gasteiger partial charge in [-0.05, 0) is 72.6 Å². The summed E-state index contributed by atoms with van der Waals surface area (Å²) in [6, 6.07) is 6.15. The fourth-order valence-corrected chi connectivity index (χ4v) is 4.12. The maximum absolute atomic E-state index is 10.7. The second-order valence-electron chi connectivity index (χ2n) is 6.41. The number of aliphatic hydroxyl groups excluding tert-OH is 1. The molecule has 134 valence electrons. The fourth-order valence-electron chi connectivity index (χ4n) is 3.92. The molecule has 1 saturated heterocycles. The highest BCUT2D eigenvalue weighted by atomic mass is 35.5. The lowest BCUT2D eigenvalue weighted by Gasteiger charge is -2.30. The van der Waals surface area contributed by atoms with Crippen LogP contribution in [0.3, 0.4) is 0 Å². The first-order valence-corrected chi connectivity index (χ1v) is 9.64. The summed E-state index contributed by atoms with van der Waals surface area (Å²) < 4.78 is 0. The predicted octanol–water partition coefficient (Wildman–Crippen LogP) is 3.83. The van der Waals surface area contributed by atoms with Crippen LogP contribution < -0.4 is 10.6 Å². The van der Waals surface area contributed by atoms with Crippen LogP contribution in [0.5, 0.6) is 0 Å². The van der Waals surface area contributed by atoms with Gasteiger partial charge in [-0.15, -0.1) is 0 Å². The van der Waals surface area contributed by atoms with E-state index in [0.29, 0.717) is 6.42 Å². The quantitative estimate of drug-likeness (QED) is 0.660. The smallest absolute Gasteiger partial charge is 0.0816 e. The molecular formula is C21H27ClN2O. The van der Waals surface area contributed by atoms with Crippen LogP contribution >= 0.6 is 11.6 Å². The van der Waals surface area contributed by atoms with Crippen molar-refractivity contribution in [1.82, 2.24) is 10.6 Å². The van der Waals surface area contributed by atoms with Crippen molar-refractivity contribution >= 4 is 17.2 Å². The molecule has 1 aromatic carbocycles. The van der Waals surface area contributed by atoms with Gasteiger partial charge in [0.25, 0.3) is 0 Å². The molecule has 4 rings (SSSR count). The van der Waals surface area contributed by atoms with Crippen molar-refractivity contribution in [2.75, 3.05) is 13.1 Å². The van der Waals surface area contributed by atoms with Crippen LogP contribution in [0.1, 0.15) is 37.8 Å². The summed E-state index contributed by atoms with van der Waals surface area (Å²) in [5.41, 5.74) is 6.26. The van der Waals surface area contributed by atoms with Crippen LogP contribution in [-0.4, -0.2) is 30.3 Å². The molecule has 4 heteroatoms. The average molecular weight is 359 g/mol. The number of fused-ring (bicyclic) bond motifs is 2. The normalized spacial score (nSPS) is 24.9. The molecule has 0 spiro atoms. The molecule has 2 atom stereocenters. The molecular weight excluding hydrogens is 332 g/mol. The number of nitrogens with one attached hydrogen (secondary N) is 2. The maximum Gasteiger partial charge on any atom is 0.0816 e. The highest BCUT2D eigenvalue weighted by Gasteiger charge is 2.33. The topological polar surface area (TPSA) is 44.3 Å². The second-order valence-corrected chi connectivity index (χ2v) is 6.85. The number of hydrogen-bond donors (Lipinski definition) is 3. The van der Waals surface area contributed by atoms with E-state index in [1.807, 2.05) is 38.3 Å². The molecule has 1 aliphatic carbocycles. The Hall–Kier alpha value is -1.55. The number of rotatable bonds is 0. The Morgan fingerprint density at radius 2 is 1.92 bits per heavy atom. The lowest BCUT2D eigenvalue weighted by Crippen LogP contribution is -2.35. The van der Waals surface area contributed by atoms with Gasteiger partial charge in [0, 0.05) is 11.4 Å². The predicted molar refractivity (Wildman–Crippen MR) is 106 cm³/mol. The number of dihydropyridines is 1. The van der Waals surface area contributed by atoms with E-state index < -0.39 is 6.10 Å². The van der Waals surface area contributed by atoms with Crippen LogP contribution in [0.2, 0.25) is 5.02 Å². The fraction of sp³-hybridized carbons (Fsp3) is 0.429. The molecule has 1 aromatic rings. The number of allylic oxidation sites excluding steroid dienone is 2.